The molecule has 0 aliphatic rings. The molecule has 1 aromatic carbocycles. The lowest BCUT2D eigenvalue weighted by molar-refractivity contribution is 0.0954. The van der Waals surface area contributed by atoms with Crippen LogP contribution in [0, 0.1) is 0 Å². The van der Waals surface area contributed by atoms with E-state index in [-0.39, 0.29) is 5.91 Å². The molecule has 100 valence electrons. The minimum Gasteiger partial charge on any atom is -0.351 e. The molecular weight excluding hydrogens is 291 g/mol. The lowest BCUT2D eigenvalue weighted by Gasteiger charge is -2.09. The monoisotopic (exact) mass is 306 g/mol. The third-order valence-electron chi connectivity index (χ3n) is 2.32. The Morgan fingerprint density at radius 1 is 1.28 bits per heavy atom. The molecule has 0 aliphatic carbocycles. The second kappa shape index (κ2) is 7.89. The van der Waals surface area contributed by atoms with Gasteiger partial charge in [0.1, 0.15) is 0 Å². The van der Waals surface area contributed by atoms with Crippen molar-refractivity contribution in [3.05, 3.63) is 27.7 Å². The lowest BCUT2D eigenvalue weighted by Crippen LogP contribution is -2.31. The number of benzene rings is 1. The van der Waals surface area contributed by atoms with Gasteiger partial charge in [0.25, 0.3) is 5.91 Å². The van der Waals surface area contributed by atoms with Crippen LogP contribution in [0.4, 0.5) is 0 Å². The van der Waals surface area contributed by atoms with Crippen molar-refractivity contribution in [2.75, 3.05) is 25.9 Å². The summed E-state index contributed by atoms with van der Waals surface area (Å²) in [6.45, 7) is 4.21. The van der Waals surface area contributed by atoms with E-state index in [0.29, 0.717) is 22.2 Å². The molecule has 1 aromatic rings. The van der Waals surface area contributed by atoms with E-state index >= 15 is 0 Å². The van der Waals surface area contributed by atoms with E-state index in [2.05, 4.69) is 10.6 Å². The van der Waals surface area contributed by atoms with Crippen LogP contribution in [0.2, 0.25) is 10.0 Å². The SMILES string of the molecule is CCNCCNC(=O)c1cc(SC)c(Cl)cc1Cl. The van der Waals surface area contributed by atoms with Crippen molar-refractivity contribution in [2.45, 2.75) is 11.8 Å². The van der Waals surface area contributed by atoms with Gasteiger partial charge in [0.2, 0.25) is 0 Å². The van der Waals surface area contributed by atoms with Crippen LogP contribution in [0.15, 0.2) is 17.0 Å². The number of hydrogen-bond acceptors (Lipinski definition) is 3. The maximum absolute atomic E-state index is 11.9. The van der Waals surface area contributed by atoms with Crippen LogP contribution in [0.3, 0.4) is 0 Å². The molecule has 0 aliphatic heterocycles. The first-order valence-electron chi connectivity index (χ1n) is 5.62. The van der Waals surface area contributed by atoms with Gasteiger partial charge >= 0.3 is 0 Å². The Hall–Kier alpha value is -0.420. The van der Waals surface area contributed by atoms with Gasteiger partial charge in [0, 0.05) is 18.0 Å². The number of thioether (sulfide) groups is 1. The number of rotatable bonds is 6. The fourth-order valence-corrected chi connectivity index (χ4v) is 2.59. The van der Waals surface area contributed by atoms with E-state index in [0.717, 1.165) is 18.0 Å². The molecular formula is C12H16Cl2N2OS. The molecule has 1 rings (SSSR count). The molecule has 1 amide bonds. The maximum atomic E-state index is 11.9. The molecule has 0 aromatic heterocycles. The normalized spacial score (nSPS) is 10.4. The van der Waals surface area contributed by atoms with Crippen LogP contribution in [0.25, 0.3) is 0 Å². The van der Waals surface area contributed by atoms with Gasteiger partial charge in [-0.2, -0.15) is 0 Å². The van der Waals surface area contributed by atoms with E-state index < -0.39 is 0 Å². The van der Waals surface area contributed by atoms with Gasteiger partial charge in [-0.3, -0.25) is 4.79 Å². The number of carbonyl (C=O) groups is 1. The Morgan fingerprint density at radius 3 is 2.61 bits per heavy atom. The third-order valence-corrected chi connectivity index (χ3v) is 3.84. The summed E-state index contributed by atoms with van der Waals surface area (Å²) in [5, 5.41) is 6.88. The number of hydrogen-bond donors (Lipinski definition) is 2. The smallest absolute Gasteiger partial charge is 0.252 e. The topological polar surface area (TPSA) is 41.1 Å². The minimum absolute atomic E-state index is 0.176. The molecule has 0 fully saturated rings. The Balaban J connectivity index is 2.73. The first kappa shape index (κ1) is 15.6. The molecule has 0 atom stereocenters. The first-order valence-corrected chi connectivity index (χ1v) is 7.60. The highest BCUT2D eigenvalue weighted by Gasteiger charge is 2.13. The molecule has 0 saturated carbocycles. The van der Waals surface area contributed by atoms with E-state index in [9.17, 15) is 4.79 Å². The van der Waals surface area contributed by atoms with Gasteiger partial charge in [0.05, 0.1) is 15.6 Å². The predicted molar refractivity (Wildman–Crippen MR) is 79.1 cm³/mol. The van der Waals surface area contributed by atoms with E-state index in [1.165, 1.54) is 11.8 Å². The molecule has 0 bridgehead atoms. The van der Waals surface area contributed by atoms with Crippen LogP contribution in [0.1, 0.15) is 17.3 Å². The summed E-state index contributed by atoms with van der Waals surface area (Å²) < 4.78 is 0. The van der Waals surface area contributed by atoms with Crippen LogP contribution in [0.5, 0.6) is 0 Å². The zero-order valence-electron chi connectivity index (χ0n) is 10.3. The van der Waals surface area contributed by atoms with Crippen molar-refractivity contribution in [1.82, 2.24) is 10.6 Å². The second-order valence-electron chi connectivity index (χ2n) is 3.58. The highest BCUT2D eigenvalue weighted by Crippen LogP contribution is 2.31. The average Bonchev–Trinajstić information content (AvgIpc) is 2.34. The summed E-state index contributed by atoms with van der Waals surface area (Å²) >= 11 is 13.5. The van der Waals surface area contributed by atoms with Crippen molar-refractivity contribution < 1.29 is 4.79 Å². The minimum atomic E-state index is -0.176. The summed E-state index contributed by atoms with van der Waals surface area (Å²) in [6, 6.07) is 3.33. The van der Waals surface area contributed by atoms with E-state index in [1.54, 1.807) is 12.1 Å². The second-order valence-corrected chi connectivity index (χ2v) is 5.24. The Bertz CT molecular complexity index is 427. The molecule has 3 nitrogen and oxygen atoms in total. The molecule has 2 N–H and O–H groups in total. The fraction of sp³-hybridized carbons (Fsp3) is 0.417. The number of halogens is 2. The van der Waals surface area contributed by atoms with Crippen LogP contribution >= 0.6 is 35.0 Å². The number of amides is 1. The number of carbonyl (C=O) groups excluding carboxylic acids is 1. The number of likely N-dealkylation sites (N-methyl/N-ethyl adjacent to an activating group) is 1. The van der Waals surface area contributed by atoms with Crippen LogP contribution < -0.4 is 10.6 Å². The summed E-state index contributed by atoms with van der Waals surface area (Å²) in [5.74, 6) is -0.176. The first-order chi connectivity index (χ1) is 8.60. The van der Waals surface area contributed by atoms with Gasteiger partial charge < -0.3 is 10.6 Å². The van der Waals surface area contributed by atoms with Crippen molar-refractivity contribution in [3.63, 3.8) is 0 Å². The zero-order chi connectivity index (χ0) is 13.5. The highest BCUT2D eigenvalue weighted by atomic mass is 35.5. The standard InChI is InChI=1S/C12H16Cl2N2OS/c1-3-15-4-5-16-12(17)8-6-11(18-2)10(14)7-9(8)13/h6-7,15H,3-5H2,1-2H3,(H,16,17). The molecule has 0 saturated heterocycles. The van der Waals surface area contributed by atoms with E-state index in [4.69, 9.17) is 23.2 Å². The molecule has 0 heterocycles. The maximum Gasteiger partial charge on any atom is 0.252 e. The van der Waals surface area contributed by atoms with Crippen LogP contribution in [-0.4, -0.2) is 31.8 Å². The lowest BCUT2D eigenvalue weighted by atomic mass is 10.2. The quantitative estimate of drug-likeness (QED) is 0.627. The molecule has 0 unspecified atom stereocenters. The van der Waals surface area contributed by atoms with Gasteiger partial charge in [-0.1, -0.05) is 30.1 Å². The predicted octanol–water partition coefficient (Wildman–Crippen LogP) is 3.05. The van der Waals surface area contributed by atoms with Crippen molar-refractivity contribution >= 4 is 40.9 Å². The number of nitrogens with one attached hydrogen (secondary N) is 2. The van der Waals surface area contributed by atoms with Crippen molar-refractivity contribution in [2.24, 2.45) is 0 Å². The van der Waals surface area contributed by atoms with Gasteiger partial charge in [-0.05, 0) is 24.9 Å². The largest absolute Gasteiger partial charge is 0.351 e. The van der Waals surface area contributed by atoms with Gasteiger partial charge in [0.15, 0.2) is 0 Å². The highest BCUT2D eigenvalue weighted by molar-refractivity contribution is 7.98. The summed E-state index contributed by atoms with van der Waals surface area (Å²) in [4.78, 5) is 12.8. The van der Waals surface area contributed by atoms with Gasteiger partial charge in [-0.25, -0.2) is 0 Å². The summed E-state index contributed by atoms with van der Waals surface area (Å²) in [5.41, 5.74) is 0.460. The summed E-state index contributed by atoms with van der Waals surface area (Å²) in [7, 11) is 0. The molecule has 0 spiro atoms. The molecule has 6 heteroatoms. The van der Waals surface area contributed by atoms with Gasteiger partial charge in [-0.15, -0.1) is 11.8 Å². The van der Waals surface area contributed by atoms with Crippen molar-refractivity contribution in [1.29, 1.82) is 0 Å². The van der Waals surface area contributed by atoms with Crippen molar-refractivity contribution in [3.8, 4) is 0 Å². The van der Waals surface area contributed by atoms with Crippen LogP contribution in [-0.2, 0) is 0 Å². The Morgan fingerprint density at radius 2 is 2.00 bits per heavy atom. The van der Waals surface area contributed by atoms with E-state index in [1.807, 2.05) is 13.2 Å². The Kier molecular flexibility index (Phi) is 6.86. The third kappa shape index (κ3) is 4.35. The molecule has 0 radical (unpaired) electrons. The Labute approximate surface area is 122 Å². The fourth-order valence-electron chi connectivity index (χ4n) is 1.40. The zero-order valence-corrected chi connectivity index (χ0v) is 12.7. The molecule has 18 heavy (non-hydrogen) atoms. The summed E-state index contributed by atoms with van der Waals surface area (Å²) in [6.07, 6.45) is 1.90. The average molecular weight is 307 g/mol.